The van der Waals surface area contributed by atoms with Gasteiger partial charge in [0.05, 0.1) is 25.5 Å². The molecule has 0 spiro atoms. The zero-order chi connectivity index (χ0) is 24.6. The third kappa shape index (κ3) is 10.7. The van der Waals surface area contributed by atoms with Gasteiger partial charge in [-0.2, -0.15) is 0 Å². The van der Waals surface area contributed by atoms with E-state index in [1.54, 1.807) is 0 Å². The van der Waals surface area contributed by atoms with Crippen LogP contribution in [0.3, 0.4) is 0 Å². The summed E-state index contributed by atoms with van der Waals surface area (Å²) in [7, 11) is 0. The highest BCUT2D eigenvalue weighted by Crippen LogP contribution is 2.22. The number of unbranched alkanes of at least 4 members (excludes halogenated alkanes) is 9. The molecule has 1 atom stereocenters. The molecule has 3 rings (SSSR count). The van der Waals surface area contributed by atoms with Gasteiger partial charge in [0.15, 0.2) is 0 Å². The van der Waals surface area contributed by atoms with Crippen LogP contribution in [0, 0.1) is 0 Å². The fraction of sp³-hybridized carbons (Fsp3) is 0.516. The van der Waals surface area contributed by atoms with Crippen molar-refractivity contribution in [1.29, 1.82) is 0 Å². The maximum atomic E-state index is 6.02. The minimum absolute atomic E-state index is 0.0102. The van der Waals surface area contributed by atoms with Gasteiger partial charge < -0.3 is 14.2 Å². The van der Waals surface area contributed by atoms with Gasteiger partial charge in [0, 0.05) is 6.21 Å². The van der Waals surface area contributed by atoms with Crippen LogP contribution in [0.1, 0.15) is 83.6 Å². The normalized spacial score (nSPS) is 15.8. The van der Waals surface area contributed by atoms with Crippen LogP contribution in [0.4, 0.5) is 5.69 Å². The van der Waals surface area contributed by atoms with Crippen molar-refractivity contribution in [3.05, 3.63) is 65.7 Å². The van der Waals surface area contributed by atoms with E-state index in [4.69, 9.17) is 14.2 Å². The van der Waals surface area contributed by atoms with E-state index in [-0.39, 0.29) is 6.10 Å². The highest BCUT2D eigenvalue weighted by molar-refractivity contribution is 5.82. The van der Waals surface area contributed by atoms with Crippen molar-refractivity contribution in [2.45, 2.75) is 84.2 Å². The Morgan fingerprint density at radius 3 is 2.11 bits per heavy atom. The van der Waals surface area contributed by atoms with Gasteiger partial charge in [-0.15, -0.1) is 0 Å². The van der Waals surface area contributed by atoms with Crippen molar-refractivity contribution in [3.63, 3.8) is 0 Å². The van der Waals surface area contributed by atoms with Gasteiger partial charge in [-0.05, 0) is 73.0 Å². The average molecular weight is 478 g/mol. The summed E-state index contributed by atoms with van der Waals surface area (Å²) in [6.45, 7) is 6.42. The van der Waals surface area contributed by atoms with E-state index in [2.05, 4.69) is 24.9 Å². The van der Waals surface area contributed by atoms with Crippen LogP contribution in [0.2, 0.25) is 0 Å². The molecule has 1 heterocycles. The van der Waals surface area contributed by atoms with Gasteiger partial charge in [-0.25, -0.2) is 0 Å². The molecule has 2 aromatic carbocycles. The van der Waals surface area contributed by atoms with Crippen LogP contribution in [-0.4, -0.2) is 32.1 Å². The number of ether oxygens (including phenoxy) is 3. The summed E-state index contributed by atoms with van der Waals surface area (Å²) in [5.41, 5.74) is 3.16. The van der Waals surface area contributed by atoms with Crippen molar-refractivity contribution in [2.75, 3.05) is 19.8 Å². The van der Waals surface area contributed by atoms with Gasteiger partial charge in [-0.3, -0.25) is 4.99 Å². The number of nitrogens with zero attached hydrogens (tertiary/aromatic N) is 1. The fourth-order valence-electron chi connectivity index (χ4n) is 4.11. The average Bonchev–Trinajstić information content (AvgIpc) is 2.89. The van der Waals surface area contributed by atoms with E-state index in [0.717, 1.165) is 35.8 Å². The smallest absolute Gasteiger partial charge is 0.143 e. The Bertz CT molecular complexity index is 886. The molecule has 0 aromatic heterocycles. The van der Waals surface area contributed by atoms with E-state index in [1.165, 1.54) is 63.4 Å². The second-order valence-electron chi connectivity index (χ2n) is 9.44. The third-order valence-corrected chi connectivity index (χ3v) is 6.42. The summed E-state index contributed by atoms with van der Waals surface area (Å²) < 4.78 is 17.4. The van der Waals surface area contributed by atoms with Crippen LogP contribution in [-0.2, 0) is 4.74 Å². The molecule has 0 fully saturated rings. The summed E-state index contributed by atoms with van der Waals surface area (Å²) in [6, 6.07) is 16.0. The largest absolute Gasteiger partial charge is 0.494 e. The van der Waals surface area contributed by atoms with Crippen molar-refractivity contribution in [2.24, 2.45) is 4.99 Å². The maximum Gasteiger partial charge on any atom is 0.143 e. The molecule has 0 N–H and O–H groups in total. The van der Waals surface area contributed by atoms with Gasteiger partial charge in [0.1, 0.15) is 17.6 Å². The summed E-state index contributed by atoms with van der Waals surface area (Å²) in [6.07, 6.45) is 17.3. The van der Waals surface area contributed by atoms with Crippen molar-refractivity contribution < 1.29 is 14.2 Å². The second-order valence-corrected chi connectivity index (χ2v) is 9.44. The Kier molecular flexibility index (Phi) is 12.5. The Balaban J connectivity index is 1.30. The van der Waals surface area contributed by atoms with Gasteiger partial charge in [0.2, 0.25) is 0 Å². The molecule has 35 heavy (non-hydrogen) atoms. The molecule has 2 aromatic rings. The van der Waals surface area contributed by atoms with Gasteiger partial charge in [-0.1, -0.05) is 70.8 Å². The fourth-order valence-corrected chi connectivity index (χ4v) is 4.11. The van der Waals surface area contributed by atoms with E-state index in [0.29, 0.717) is 13.2 Å². The summed E-state index contributed by atoms with van der Waals surface area (Å²) in [4.78, 5) is 4.58. The summed E-state index contributed by atoms with van der Waals surface area (Å²) in [5, 5.41) is 0. The number of rotatable bonds is 16. The molecule has 0 amide bonds. The van der Waals surface area contributed by atoms with E-state index < -0.39 is 0 Å². The first kappa shape index (κ1) is 27.0. The maximum absolute atomic E-state index is 6.02. The zero-order valence-electron chi connectivity index (χ0n) is 21.7. The predicted molar refractivity (Wildman–Crippen MR) is 146 cm³/mol. The molecule has 0 bridgehead atoms. The van der Waals surface area contributed by atoms with Crippen molar-refractivity contribution >= 4 is 11.9 Å². The Morgan fingerprint density at radius 1 is 0.829 bits per heavy atom. The molecule has 0 saturated carbocycles. The topological polar surface area (TPSA) is 40.0 Å². The lowest BCUT2D eigenvalue weighted by atomic mass is 10.1. The molecule has 4 nitrogen and oxygen atoms in total. The molecule has 4 heteroatoms. The van der Waals surface area contributed by atoms with Crippen LogP contribution >= 0.6 is 0 Å². The third-order valence-electron chi connectivity index (χ3n) is 6.42. The van der Waals surface area contributed by atoms with Crippen molar-refractivity contribution in [1.82, 2.24) is 0 Å². The van der Waals surface area contributed by atoms with Crippen LogP contribution in [0.5, 0.6) is 11.5 Å². The molecular weight excluding hydrogens is 434 g/mol. The molecule has 190 valence electrons. The molecule has 0 aliphatic carbocycles. The van der Waals surface area contributed by atoms with Crippen molar-refractivity contribution in [3.8, 4) is 11.5 Å². The lowest BCUT2D eigenvalue weighted by Gasteiger charge is -2.23. The predicted octanol–water partition coefficient (Wildman–Crippen LogP) is 8.46. The molecule has 1 aliphatic heterocycles. The lowest BCUT2D eigenvalue weighted by Crippen LogP contribution is -2.28. The van der Waals surface area contributed by atoms with Crippen LogP contribution in [0.25, 0.3) is 0 Å². The molecular formula is C31H43NO3. The lowest BCUT2D eigenvalue weighted by molar-refractivity contribution is 0.0681. The number of hydrogen-bond donors (Lipinski definition) is 0. The summed E-state index contributed by atoms with van der Waals surface area (Å²) in [5.74, 6) is 1.76. The SMILES string of the molecule is CCCCCCCCCCCCOc1ccc(C=Nc2ccc(OC3COCC=C3C)cc2)cc1. The quantitative estimate of drug-likeness (QED) is 0.138. The Hall–Kier alpha value is -2.59. The highest BCUT2D eigenvalue weighted by atomic mass is 16.5. The minimum atomic E-state index is -0.0102. The zero-order valence-corrected chi connectivity index (χ0v) is 21.7. The standard InChI is InChI=1S/C31H43NO3/c1-3-4-5-6-7-8-9-10-11-12-22-34-29-17-13-27(14-18-29)24-32-28-15-19-30(20-16-28)35-31-25-33-23-21-26(31)2/h13-21,24,31H,3-12,22-23,25H2,1-2H3. The summed E-state index contributed by atoms with van der Waals surface area (Å²) >= 11 is 0. The molecule has 1 aliphatic rings. The monoisotopic (exact) mass is 477 g/mol. The van der Waals surface area contributed by atoms with Crippen LogP contribution < -0.4 is 9.47 Å². The first-order valence-corrected chi connectivity index (χ1v) is 13.5. The van der Waals surface area contributed by atoms with Gasteiger partial charge in [0.25, 0.3) is 0 Å². The van der Waals surface area contributed by atoms with E-state index in [1.807, 2.05) is 54.7 Å². The number of hydrogen-bond acceptors (Lipinski definition) is 4. The molecule has 1 unspecified atom stereocenters. The van der Waals surface area contributed by atoms with Crippen LogP contribution in [0.15, 0.2) is 65.2 Å². The number of benzene rings is 2. The Labute approximate surface area is 212 Å². The second kappa shape index (κ2) is 16.1. The van der Waals surface area contributed by atoms with E-state index in [9.17, 15) is 0 Å². The Morgan fingerprint density at radius 2 is 1.46 bits per heavy atom. The first-order valence-electron chi connectivity index (χ1n) is 13.5. The molecule has 0 saturated heterocycles. The molecule has 0 radical (unpaired) electrons. The van der Waals surface area contributed by atoms with E-state index >= 15 is 0 Å². The number of aliphatic imine (C=N–C) groups is 1. The minimum Gasteiger partial charge on any atom is -0.494 e. The van der Waals surface area contributed by atoms with Gasteiger partial charge >= 0.3 is 0 Å². The highest BCUT2D eigenvalue weighted by Gasteiger charge is 2.16. The first-order chi connectivity index (χ1) is 17.2.